The van der Waals surface area contributed by atoms with E-state index in [0.717, 1.165) is 60.2 Å². The summed E-state index contributed by atoms with van der Waals surface area (Å²) in [5.41, 5.74) is 3.90. The summed E-state index contributed by atoms with van der Waals surface area (Å²) in [6, 6.07) is 17.3. The first-order valence-corrected chi connectivity index (χ1v) is 12.2. The van der Waals surface area contributed by atoms with Gasteiger partial charge in [-0.2, -0.15) is 0 Å². The Hall–Kier alpha value is -2.66. The van der Waals surface area contributed by atoms with Gasteiger partial charge in [-0.15, -0.1) is 0 Å². The molecule has 1 aromatic heterocycles. The van der Waals surface area contributed by atoms with Crippen LogP contribution in [0.15, 0.2) is 48.5 Å². The lowest BCUT2D eigenvalue weighted by Crippen LogP contribution is -2.43. The Kier molecular flexibility index (Phi) is 6.01. The third-order valence-corrected chi connectivity index (χ3v) is 7.43. The smallest absolute Gasteiger partial charge is 0.254 e. The summed E-state index contributed by atoms with van der Waals surface area (Å²) in [7, 11) is 0. The summed E-state index contributed by atoms with van der Waals surface area (Å²) in [6.07, 6.45) is 7.86. The zero-order valence-corrected chi connectivity index (χ0v) is 19.3. The van der Waals surface area contributed by atoms with Crippen molar-refractivity contribution < 1.29 is 4.79 Å². The average Bonchev–Trinajstić information content (AvgIpc) is 3.44. The predicted octanol–water partition coefficient (Wildman–Crippen LogP) is 5.20. The number of imidazole rings is 1. The molecule has 5 nitrogen and oxygen atoms in total. The summed E-state index contributed by atoms with van der Waals surface area (Å²) < 4.78 is 2.15. The molecule has 32 heavy (non-hydrogen) atoms. The summed E-state index contributed by atoms with van der Waals surface area (Å²) in [5.74, 6) is 1.11. The summed E-state index contributed by atoms with van der Waals surface area (Å²) in [6.45, 7) is 7.05. The van der Waals surface area contributed by atoms with Gasteiger partial charge in [-0.1, -0.05) is 31.4 Å². The Morgan fingerprint density at radius 1 is 1.03 bits per heavy atom. The summed E-state index contributed by atoms with van der Waals surface area (Å²) in [4.78, 5) is 22.8. The number of hydrogen-bond donors (Lipinski definition) is 0. The second-order valence-corrected chi connectivity index (χ2v) is 9.35. The fourth-order valence-electron chi connectivity index (χ4n) is 5.76. The molecule has 3 aromatic rings. The van der Waals surface area contributed by atoms with Crippen LogP contribution in [0.1, 0.15) is 61.6 Å². The molecule has 1 atom stereocenters. The first kappa shape index (κ1) is 21.2. The van der Waals surface area contributed by atoms with E-state index in [1.165, 1.54) is 32.1 Å². The molecule has 2 aromatic carbocycles. The van der Waals surface area contributed by atoms with Crippen LogP contribution in [0.25, 0.3) is 16.7 Å². The van der Waals surface area contributed by atoms with Gasteiger partial charge in [-0.05, 0) is 69.5 Å². The number of aryl methyl sites for hydroxylation is 1. The maximum Gasteiger partial charge on any atom is 0.254 e. The van der Waals surface area contributed by atoms with Gasteiger partial charge in [0, 0.05) is 43.0 Å². The first-order valence-electron chi connectivity index (χ1n) is 12.2. The van der Waals surface area contributed by atoms with Gasteiger partial charge in [0.1, 0.15) is 5.82 Å². The topological polar surface area (TPSA) is 41.4 Å². The molecule has 1 amide bonds. The number of nitrogens with zero attached hydrogens (tertiary/aromatic N) is 4. The fourth-order valence-corrected chi connectivity index (χ4v) is 5.76. The van der Waals surface area contributed by atoms with E-state index in [1.807, 2.05) is 49.4 Å². The van der Waals surface area contributed by atoms with Gasteiger partial charge < -0.3 is 4.90 Å². The molecule has 1 saturated carbocycles. The number of rotatable bonds is 5. The van der Waals surface area contributed by atoms with Crippen molar-refractivity contribution in [1.82, 2.24) is 19.4 Å². The Labute approximate surface area is 191 Å². The molecule has 2 aliphatic rings. The molecule has 2 fully saturated rings. The van der Waals surface area contributed by atoms with Crippen LogP contribution in [0.3, 0.4) is 0 Å². The van der Waals surface area contributed by atoms with E-state index >= 15 is 0 Å². The standard InChI is InChI=1S/C27H34N4O/c1-3-30(24-17-18-29(19-24)22-9-5-4-6-10-22)27(32)21-13-15-23(16-14-21)31-20(2)28-25-11-7-8-12-26(25)31/h7-8,11-16,22,24H,3-6,9-10,17-19H2,1-2H3/t24-/m1/s1. The third-order valence-electron chi connectivity index (χ3n) is 7.43. The predicted molar refractivity (Wildman–Crippen MR) is 129 cm³/mol. The average molecular weight is 431 g/mol. The van der Waals surface area contributed by atoms with Gasteiger partial charge in [0.15, 0.2) is 0 Å². The number of aromatic nitrogens is 2. The number of hydrogen-bond acceptors (Lipinski definition) is 3. The highest BCUT2D eigenvalue weighted by molar-refractivity contribution is 5.94. The molecule has 5 rings (SSSR count). The number of carbonyl (C=O) groups is 1. The van der Waals surface area contributed by atoms with Crippen molar-refractivity contribution in [2.24, 2.45) is 0 Å². The van der Waals surface area contributed by atoms with Crippen molar-refractivity contribution in [3.8, 4) is 5.69 Å². The highest BCUT2D eigenvalue weighted by Crippen LogP contribution is 2.28. The lowest BCUT2D eigenvalue weighted by Gasteiger charge is -2.33. The van der Waals surface area contributed by atoms with Crippen molar-refractivity contribution in [3.63, 3.8) is 0 Å². The minimum Gasteiger partial charge on any atom is -0.335 e. The number of carbonyl (C=O) groups excluding carboxylic acids is 1. The molecule has 5 heteroatoms. The molecule has 0 bridgehead atoms. The summed E-state index contributed by atoms with van der Waals surface area (Å²) >= 11 is 0. The van der Waals surface area contributed by atoms with Crippen molar-refractivity contribution in [3.05, 3.63) is 59.9 Å². The van der Waals surface area contributed by atoms with Gasteiger partial charge in [-0.25, -0.2) is 4.98 Å². The zero-order valence-electron chi connectivity index (χ0n) is 19.3. The van der Waals surface area contributed by atoms with Gasteiger partial charge in [0.05, 0.1) is 11.0 Å². The molecule has 1 aliphatic carbocycles. The molecule has 0 spiro atoms. The maximum atomic E-state index is 13.4. The number of likely N-dealkylation sites (N-methyl/N-ethyl adjacent to an activating group) is 1. The van der Waals surface area contributed by atoms with E-state index in [2.05, 4.69) is 32.3 Å². The molecular weight excluding hydrogens is 396 g/mol. The number of amides is 1. The van der Waals surface area contributed by atoms with Crippen molar-refractivity contribution >= 4 is 16.9 Å². The number of fused-ring (bicyclic) bond motifs is 1. The van der Waals surface area contributed by atoms with E-state index in [4.69, 9.17) is 0 Å². The molecule has 168 valence electrons. The third kappa shape index (κ3) is 3.95. The van der Waals surface area contributed by atoms with E-state index in [1.54, 1.807) is 0 Å². The Bertz CT molecular complexity index is 1080. The SMILES string of the molecule is CCN(C(=O)c1ccc(-n2c(C)nc3ccccc32)cc1)[C@@H]1CCN(C2CCCCC2)C1. The van der Waals surface area contributed by atoms with Crippen molar-refractivity contribution in [2.45, 2.75) is 64.5 Å². The lowest BCUT2D eigenvalue weighted by molar-refractivity contribution is 0.0684. The van der Waals surface area contributed by atoms with Crippen LogP contribution in [-0.4, -0.2) is 57.0 Å². The Morgan fingerprint density at radius 3 is 2.53 bits per heavy atom. The highest BCUT2D eigenvalue weighted by atomic mass is 16.2. The minimum absolute atomic E-state index is 0.154. The molecule has 1 aliphatic heterocycles. The maximum absolute atomic E-state index is 13.4. The zero-order chi connectivity index (χ0) is 22.1. The van der Waals surface area contributed by atoms with E-state index in [9.17, 15) is 4.79 Å². The van der Waals surface area contributed by atoms with Crippen LogP contribution < -0.4 is 0 Å². The molecule has 0 radical (unpaired) electrons. The van der Waals surface area contributed by atoms with Gasteiger partial charge in [0.2, 0.25) is 0 Å². The second kappa shape index (κ2) is 9.07. The van der Waals surface area contributed by atoms with Crippen molar-refractivity contribution in [1.29, 1.82) is 0 Å². The fraction of sp³-hybridized carbons (Fsp3) is 0.481. The van der Waals surface area contributed by atoms with Crippen LogP contribution in [0.2, 0.25) is 0 Å². The van der Waals surface area contributed by atoms with Crippen LogP contribution in [0.5, 0.6) is 0 Å². The van der Waals surface area contributed by atoms with E-state index < -0.39 is 0 Å². The minimum atomic E-state index is 0.154. The van der Waals surface area contributed by atoms with Crippen LogP contribution in [0, 0.1) is 6.92 Å². The first-order chi connectivity index (χ1) is 15.7. The molecular formula is C27H34N4O. The normalized spacial score (nSPS) is 20.1. The second-order valence-electron chi connectivity index (χ2n) is 9.35. The monoisotopic (exact) mass is 430 g/mol. The van der Waals surface area contributed by atoms with Crippen LogP contribution >= 0.6 is 0 Å². The van der Waals surface area contributed by atoms with Gasteiger partial charge in [0.25, 0.3) is 5.91 Å². The Balaban J connectivity index is 1.32. The van der Waals surface area contributed by atoms with E-state index in [0.29, 0.717) is 6.04 Å². The number of para-hydroxylation sites is 2. The molecule has 2 heterocycles. The van der Waals surface area contributed by atoms with Crippen LogP contribution in [-0.2, 0) is 0 Å². The highest BCUT2D eigenvalue weighted by Gasteiger charge is 2.33. The summed E-state index contributed by atoms with van der Waals surface area (Å²) in [5, 5.41) is 0. The molecule has 0 unspecified atom stereocenters. The number of benzene rings is 2. The van der Waals surface area contributed by atoms with Gasteiger partial charge >= 0.3 is 0 Å². The quantitative estimate of drug-likeness (QED) is 0.558. The number of likely N-dealkylation sites (tertiary alicyclic amines) is 1. The molecule has 0 N–H and O–H groups in total. The van der Waals surface area contributed by atoms with Gasteiger partial charge in [-0.3, -0.25) is 14.3 Å². The lowest BCUT2D eigenvalue weighted by atomic mass is 9.94. The Morgan fingerprint density at radius 2 is 1.78 bits per heavy atom. The van der Waals surface area contributed by atoms with Crippen molar-refractivity contribution in [2.75, 3.05) is 19.6 Å². The largest absolute Gasteiger partial charge is 0.335 e. The van der Waals surface area contributed by atoms with E-state index in [-0.39, 0.29) is 5.91 Å². The molecule has 1 saturated heterocycles. The van der Waals surface area contributed by atoms with Crippen LogP contribution in [0.4, 0.5) is 0 Å².